The second-order valence-electron chi connectivity index (χ2n) is 11.0. The van der Waals surface area contributed by atoms with Crippen LogP contribution in [0.1, 0.15) is 54.1 Å². The SMILES string of the molecule is COc1cc(Cl)nc(NC(=O)NS(=O)(=O)c2ncccc2C2=NOCCO2)n1.Cc1ccc2c(c1)[C@H](Nc1nc(N)nc([C@@H](C)F)n1)[C@@H](C)C2. The van der Waals surface area contributed by atoms with Crippen molar-refractivity contribution in [2.75, 3.05) is 36.7 Å². The van der Waals surface area contributed by atoms with Gasteiger partial charge < -0.3 is 25.4 Å². The third kappa shape index (κ3) is 8.77. The average molecular weight is 730 g/mol. The number of anilines is 3. The number of aromatic nitrogens is 6. The number of sulfonamides is 1. The highest BCUT2D eigenvalue weighted by Crippen LogP contribution is 2.38. The van der Waals surface area contributed by atoms with Gasteiger partial charge in [-0.2, -0.15) is 28.4 Å². The molecule has 17 nitrogen and oxygen atoms in total. The zero-order chi connectivity index (χ0) is 36.0. The first-order valence-corrected chi connectivity index (χ1v) is 16.9. The van der Waals surface area contributed by atoms with E-state index < -0.39 is 27.3 Å². The quantitative estimate of drug-likeness (QED) is 0.189. The number of nitrogen functional groups attached to an aromatic ring is 1. The highest BCUT2D eigenvalue weighted by Gasteiger charge is 2.30. The molecule has 3 aromatic heterocycles. The molecule has 3 atom stereocenters. The maximum Gasteiger partial charge on any atom is 0.335 e. The molecule has 20 heteroatoms. The number of carbonyl (C=O) groups is 1. The van der Waals surface area contributed by atoms with Gasteiger partial charge in [0.1, 0.15) is 11.8 Å². The summed E-state index contributed by atoms with van der Waals surface area (Å²) in [5, 5.41) is 8.63. The monoisotopic (exact) mass is 729 g/mol. The van der Waals surface area contributed by atoms with E-state index in [1.165, 1.54) is 55.1 Å². The lowest BCUT2D eigenvalue weighted by atomic mass is 10.0. The van der Waals surface area contributed by atoms with E-state index in [2.05, 4.69) is 77.7 Å². The Bertz CT molecular complexity index is 2020. The number of oxime groups is 1. The van der Waals surface area contributed by atoms with E-state index in [0.717, 1.165) is 6.42 Å². The summed E-state index contributed by atoms with van der Waals surface area (Å²) in [6.45, 7) is 6.06. The van der Waals surface area contributed by atoms with Gasteiger partial charge in [-0.1, -0.05) is 42.3 Å². The second kappa shape index (κ2) is 15.4. The number of benzene rings is 1. The maximum absolute atomic E-state index is 13.4. The van der Waals surface area contributed by atoms with Gasteiger partial charge in [0.15, 0.2) is 23.6 Å². The number of nitrogens with two attached hydrogens (primary N) is 1. The Morgan fingerprint density at radius 1 is 1.12 bits per heavy atom. The number of methoxy groups -OCH3 is 1. The first-order chi connectivity index (χ1) is 23.8. The van der Waals surface area contributed by atoms with Crippen molar-refractivity contribution in [3.8, 4) is 5.88 Å². The number of halogens is 2. The van der Waals surface area contributed by atoms with Crippen LogP contribution in [-0.2, 0) is 26.0 Å². The summed E-state index contributed by atoms with van der Waals surface area (Å²) in [4.78, 5) is 40.5. The molecule has 264 valence electrons. The number of hydrogen-bond donors (Lipinski definition) is 4. The summed E-state index contributed by atoms with van der Waals surface area (Å²) < 4.78 is 50.6. The summed E-state index contributed by atoms with van der Waals surface area (Å²) in [6, 6.07) is 9.65. The Morgan fingerprint density at radius 3 is 2.64 bits per heavy atom. The molecule has 0 unspecified atom stereocenters. The Morgan fingerprint density at radius 2 is 1.92 bits per heavy atom. The van der Waals surface area contributed by atoms with Crippen molar-refractivity contribution in [2.24, 2.45) is 11.1 Å². The number of ether oxygens (including phenoxy) is 2. The highest BCUT2D eigenvalue weighted by atomic mass is 35.5. The molecule has 4 aromatic rings. The van der Waals surface area contributed by atoms with Crippen molar-refractivity contribution in [1.82, 2.24) is 34.6 Å². The third-order valence-electron chi connectivity index (χ3n) is 7.21. The van der Waals surface area contributed by atoms with Crippen LogP contribution in [0.4, 0.5) is 27.0 Å². The van der Waals surface area contributed by atoms with Crippen molar-refractivity contribution in [1.29, 1.82) is 0 Å². The van der Waals surface area contributed by atoms with Gasteiger partial charge in [-0.3, -0.25) is 5.32 Å². The van der Waals surface area contributed by atoms with Crippen LogP contribution in [0.2, 0.25) is 5.15 Å². The molecule has 0 saturated carbocycles. The fourth-order valence-corrected chi connectivity index (χ4v) is 6.24. The fraction of sp³-hybridized carbons (Fsp3) is 0.333. The lowest BCUT2D eigenvalue weighted by Crippen LogP contribution is -2.36. The van der Waals surface area contributed by atoms with Crippen LogP contribution in [0.15, 0.2) is 52.8 Å². The van der Waals surface area contributed by atoms with Crippen molar-refractivity contribution in [3.63, 3.8) is 0 Å². The van der Waals surface area contributed by atoms with Gasteiger partial charge in [-0.15, -0.1) is 0 Å². The van der Waals surface area contributed by atoms with Gasteiger partial charge in [0, 0.05) is 12.3 Å². The average Bonchev–Trinajstić information content (AvgIpc) is 3.38. The molecule has 50 heavy (non-hydrogen) atoms. The molecule has 5 N–H and O–H groups in total. The summed E-state index contributed by atoms with van der Waals surface area (Å²) in [7, 11) is -3.05. The number of nitrogens with one attached hydrogen (secondary N) is 3. The van der Waals surface area contributed by atoms with Crippen LogP contribution in [0, 0.1) is 12.8 Å². The number of amides is 2. The number of rotatable bonds is 8. The van der Waals surface area contributed by atoms with Gasteiger partial charge in [0.2, 0.25) is 23.7 Å². The van der Waals surface area contributed by atoms with E-state index >= 15 is 0 Å². The maximum atomic E-state index is 13.4. The molecule has 0 radical (unpaired) electrons. The van der Waals surface area contributed by atoms with Crippen LogP contribution >= 0.6 is 11.6 Å². The lowest BCUT2D eigenvalue weighted by molar-refractivity contribution is 0.0653. The molecule has 0 bridgehead atoms. The summed E-state index contributed by atoms with van der Waals surface area (Å²) in [5.41, 5.74) is 9.48. The molecule has 0 saturated heterocycles. The first kappa shape index (κ1) is 35.9. The predicted molar refractivity (Wildman–Crippen MR) is 180 cm³/mol. The Labute approximate surface area is 291 Å². The van der Waals surface area contributed by atoms with Crippen LogP contribution in [0.5, 0.6) is 5.88 Å². The molecule has 1 aliphatic heterocycles. The number of urea groups is 1. The van der Waals surface area contributed by atoms with Crippen molar-refractivity contribution >= 4 is 51.4 Å². The zero-order valence-corrected chi connectivity index (χ0v) is 28.8. The molecule has 2 amide bonds. The van der Waals surface area contributed by atoms with Gasteiger partial charge in [-0.05, 0) is 54.6 Å². The number of fused-ring (bicyclic) bond motifs is 1. The number of alkyl halides is 1. The number of aryl methyl sites for hydroxylation is 1. The molecular weight excluding hydrogens is 697 g/mol. The van der Waals surface area contributed by atoms with Crippen LogP contribution < -0.4 is 25.8 Å². The Hall–Kier alpha value is -5.43. The molecular formula is C30H33ClFN11O6S. The molecule has 0 spiro atoms. The van der Waals surface area contributed by atoms with Crippen molar-refractivity contribution < 1.29 is 31.9 Å². The summed E-state index contributed by atoms with van der Waals surface area (Å²) in [6.07, 6.45) is 0.965. The number of hydrogen-bond acceptors (Lipinski definition) is 15. The van der Waals surface area contributed by atoms with Crippen LogP contribution in [0.3, 0.4) is 0 Å². The topological polar surface area (TPSA) is 231 Å². The normalized spacial score (nSPS) is 17.0. The van der Waals surface area contributed by atoms with Crippen molar-refractivity contribution in [2.45, 2.75) is 44.4 Å². The highest BCUT2D eigenvalue weighted by molar-refractivity contribution is 7.90. The standard InChI is InChI=1S/C16H20FN5.C14H13ClN6O6S/c1-8-4-5-11-7-9(2)13(12(11)6-8)19-16-21-14(10(3)17)20-15(18)22-16;1-25-10-7-9(15)17-13(18-10)19-14(22)21-28(23,24)12-8(3-2-4-16-12)11-20-27-6-5-26-11/h4-6,9-10,13H,7H2,1-3H3,(H3,18,19,20,21,22);2-4,7H,5-6H2,1H3,(H2,17,18,19,21,22)/t9-,10+,13+;/m0./s1. The van der Waals surface area contributed by atoms with Gasteiger partial charge in [-0.25, -0.2) is 23.9 Å². The molecule has 1 aromatic carbocycles. The molecule has 4 heterocycles. The molecule has 2 aliphatic rings. The minimum absolute atomic E-state index is 0.00974. The van der Waals surface area contributed by atoms with E-state index in [1.54, 1.807) is 4.72 Å². The van der Waals surface area contributed by atoms with Crippen LogP contribution in [-0.4, -0.2) is 70.6 Å². The van der Waals surface area contributed by atoms with E-state index in [-0.39, 0.29) is 59.5 Å². The molecule has 6 rings (SSSR count). The molecule has 1 aliphatic carbocycles. The van der Waals surface area contributed by atoms with E-state index in [4.69, 9.17) is 31.6 Å². The predicted octanol–water partition coefficient (Wildman–Crippen LogP) is 3.89. The molecule has 0 fully saturated rings. The number of nitrogens with zero attached hydrogens (tertiary/aromatic N) is 7. The first-order valence-electron chi connectivity index (χ1n) is 15.0. The van der Waals surface area contributed by atoms with E-state index in [0.29, 0.717) is 11.9 Å². The van der Waals surface area contributed by atoms with E-state index in [9.17, 15) is 17.6 Å². The van der Waals surface area contributed by atoms with Gasteiger partial charge in [0.25, 0.3) is 15.9 Å². The van der Waals surface area contributed by atoms with Gasteiger partial charge >= 0.3 is 6.03 Å². The minimum Gasteiger partial charge on any atom is -0.481 e. The third-order valence-corrected chi connectivity index (χ3v) is 8.69. The Kier molecular flexibility index (Phi) is 11.1. The Balaban J connectivity index is 0.000000200. The minimum atomic E-state index is -4.39. The summed E-state index contributed by atoms with van der Waals surface area (Å²) >= 11 is 5.78. The second-order valence-corrected chi connectivity index (χ2v) is 13.0. The largest absolute Gasteiger partial charge is 0.481 e. The van der Waals surface area contributed by atoms with Crippen LogP contribution in [0.25, 0.3) is 0 Å². The number of pyridine rings is 1. The number of carbonyl (C=O) groups excluding carboxylic acids is 1. The fourth-order valence-electron chi connectivity index (χ4n) is 5.03. The van der Waals surface area contributed by atoms with Gasteiger partial charge in [0.05, 0.1) is 18.7 Å². The lowest BCUT2D eigenvalue weighted by Gasteiger charge is -2.19. The van der Waals surface area contributed by atoms with Crippen molar-refractivity contribution in [3.05, 3.63) is 75.8 Å². The zero-order valence-electron chi connectivity index (χ0n) is 27.2. The summed E-state index contributed by atoms with van der Waals surface area (Å²) in [5.74, 6) is 0.587. The van der Waals surface area contributed by atoms with E-state index in [1.807, 2.05) is 0 Å². The smallest absolute Gasteiger partial charge is 0.335 e.